The van der Waals surface area contributed by atoms with Crippen LogP contribution in [-0.4, -0.2) is 134 Å². The molecule has 0 aromatic heterocycles. The second-order valence-electron chi connectivity index (χ2n) is 15.5. The molecule has 9 atom stereocenters. The van der Waals surface area contributed by atoms with Crippen LogP contribution < -0.4 is 20.6 Å². The fraction of sp³-hybridized carbons (Fsp3) is 0.600. The predicted molar refractivity (Wildman–Crippen MR) is 210 cm³/mol. The number of nitrogens with zero attached hydrogens (tertiary/aromatic N) is 2. The molecule has 0 radical (unpaired) electrons. The number of hydrogen-bond donors (Lipinski definition) is 5. The number of likely N-dealkylation sites (tertiary alicyclic amines) is 2. The number of fused-ring (bicyclic) bond motifs is 10. The fourth-order valence-electron chi connectivity index (χ4n) is 8.76. The zero-order valence-electron chi connectivity index (χ0n) is 33.6. The first-order valence-corrected chi connectivity index (χ1v) is 22.1. The number of carbonyl (C=O) groups is 5. The number of aromatic hydroxyl groups is 1. The van der Waals surface area contributed by atoms with Gasteiger partial charge in [-0.05, 0) is 30.0 Å². The molecule has 4 saturated heterocycles. The normalized spacial score (nSPS) is 28.2. The molecule has 20 heteroatoms. The van der Waals surface area contributed by atoms with E-state index in [-0.39, 0.29) is 107 Å². The van der Waals surface area contributed by atoms with E-state index in [1.54, 1.807) is 12.1 Å². The summed E-state index contributed by atoms with van der Waals surface area (Å²) in [5.74, 6) is -3.18. The summed E-state index contributed by atoms with van der Waals surface area (Å²) >= 11 is 0. The van der Waals surface area contributed by atoms with Crippen LogP contribution >= 0.6 is 7.59 Å². The summed E-state index contributed by atoms with van der Waals surface area (Å²) in [6.07, 6.45) is 9.02. The minimum atomic E-state index is -3.60. The Balaban J connectivity index is 0.00000195. The number of amides is 5. The summed E-state index contributed by atoms with van der Waals surface area (Å²) in [6, 6.07) is 5.27. The molecule has 6 heterocycles. The number of imide groups is 2. The Bertz CT molecular complexity index is 1780. The quantitative estimate of drug-likeness (QED) is 0.0337. The Hall–Kier alpha value is -4.42. The van der Waals surface area contributed by atoms with Gasteiger partial charge in [-0.3, -0.25) is 38.3 Å². The molecule has 0 aliphatic carbocycles. The van der Waals surface area contributed by atoms with Crippen LogP contribution in [0.25, 0.3) is 0 Å². The van der Waals surface area contributed by atoms with Crippen LogP contribution in [0.5, 0.6) is 5.75 Å². The second-order valence-corrected chi connectivity index (χ2v) is 17.7. The zero-order chi connectivity index (χ0) is 43.0. The highest BCUT2D eigenvalue weighted by Gasteiger charge is 2.61. The summed E-state index contributed by atoms with van der Waals surface area (Å²) in [4.78, 5) is 83.5. The summed E-state index contributed by atoms with van der Waals surface area (Å²) in [5.41, 5.74) is 1.42. The van der Waals surface area contributed by atoms with Crippen LogP contribution in [0.1, 0.15) is 38.7 Å². The van der Waals surface area contributed by atoms with Gasteiger partial charge in [-0.1, -0.05) is 57.1 Å². The molecule has 6 aliphatic rings. The molecule has 1 aromatic carbocycles. The molecule has 8 unspecified atom stereocenters. The lowest BCUT2D eigenvalue weighted by molar-refractivity contribution is -0.191. The standard InChI is InChI=1S/C39H53N6O11P.CO2/c1-3-4-23(2)21-24-5-6-26(46)25(22-24)43-31(47)11-17-53-19-20-54-18-14-42-57(52,40-12-15-44-36(48)32-27-7-8-28(55-27)33(32)37(44)49)41-13-16-45-38(50)34-29-9-10-30(56-29)35(34)39(45)51;2-1-3/h5-10,22-23,27-30,32-35,46H,3-4,11-21H2,1-2H3,(H,43,47)(H3,40,41,42,52);/t23-,27?,28?,29?,30?,32?,33?,34?,35?,57?;/m1./s1. The van der Waals surface area contributed by atoms with Crippen LogP contribution in [0.2, 0.25) is 0 Å². The average molecular weight is 857 g/mol. The van der Waals surface area contributed by atoms with Crippen molar-refractivity contribution in [2.45, 2.75) is 63.9 Å². The topological polar surface area (TPSA) is 248 Å². The highest BCUT2D eigenvalue weighted by atomic mass is 31.2. The van der Waals surface area contributed by atoms with Crippen molar-refractivity contribution < 1.29 is 62.2 Å². The number of phenolic OH excluding ortho intramolecular Hbond substituents is 1. The van der Waals surface area contributed by atoms with Crippen molar-refractivity contribution >= 4 is 49.0 Å². The maximum absolute atomic E-state index is 14.1. The molecule has 60 heavy (non-hydrogen) atoms. The number of carbonyl (C=O) groups excluding carboxylic acids is 7. The van der Waals surface area contributed by atoms with Crippen LogP contribution in [0.4, 0.5) is 5.69 Å². The first-order valence-electron chi connectivity index (χ1n) is 20.4. The molecule has 0 spiro atoms. The minimum absolute atomic E-state index is 0.00255. The number of anilines is 1. The third-order valence-electron chi connectivity index (χ3n) is 11.5. The van der Waals surface area contributed by atoms with Crippen molar-refractivity contribution in [1.29, 1.82) is 0 Å². The van der Waals surface area contributed by atoms with Gasteiger partial charge in [0.05, 0.1) is 86.6 Å². The van der Waals surface area contributed by atoms with Crippen LogP contribution in [0.15, 0.2) is 42.5 Å². The van der Waals surface area contributed by atoms with Gasteiger partial charge in [-0.2, -0.15) is 9.59 Å². The summed E-state index contributed by atoms with van der Waals surface area (Å²) in [6.45, 7) is 5.20. The average Bonchev–Trinajstić information content (AvgIpc) is 4.08. The van der Waals surface area contributed by atoms with E-state index >= 15 is 0 Å². The number of phenols is 1. The lowest BCUT2D eigenvalue weighted by atomic mass is 9.85. The highest BCUT2D eigenvalue weighted by molar-refractivity contribution is 7.57. The Labute approximate surface area is 347 Å². The summed E-state index contributed by atoms with van der Waals surface area (Å²) in [5, 5.41) is 21.8. The van der Waals surface area contributed by atoms with Gasteiger partial charge in [-0.25, -0.2) is 15.3 Å². The number of benzene rings is 1. The Morgan fingerprint density at radius 3 is 1.73 bits per heavy atom. The van der Waals surface area contributed by atoms with Gasteiger partial charge in [0.1, 0.15) is 5.75 Å². The van der Waals surface area contributed by atoms with Gasteiger partial charge in [0.2, 0.25) is 29.5 Å². The van der Waals surface area contributed by atoms with Crippen molar-refractivity contribution in [1.82, 2.24) is 25.1 Å². The molecular weight excluding hydrogens is 803 g/mol. The lowest BCUT2D eigenvalue weighted by Gasteiger charge is -2.25. The Kier molecular flexibility index (Phi) is 15.4. The smallest absolute Gasteiger partial charge is 0.373 e. The zero-order valence-corrected chi connectivity index (χ0v) is 34.5. The summed E-state index contributed by atoms with van der Waals surface area (Å²) < 4.78 is 36.7. The van der Waals surface area contributed by atoms with Crippen LogP contribution in [-0.2, 0) is 63.5 Å². The van der Waals surface area contributed by atoms with Gasteiger partial charge in [-0.15, -0.1) is 0 Å². The third kappa shape index (κ3) is 10.2. The van der Waals surface area contributed by atoms with E-state index in [1.165, 1.54) is 9.80 Å². The van der Waals surface area contributed by atoms with Gasteiger partial charge in [0, 0.05) is 32.7 Å². The molecule has 19 nitrogen and oxygen atoms in total. The van der Waals surface area contributed by atoms with Crippen molar-refractivity contribution in [3.05, 3.63) is 48.1 Å². The molecule has 5 N–H and O–H groups in total. The lowest BCUT2D eigenvalue weighted by Crippen LogP contribution is -2.43. The van der Waals surface area contributed by atoms with Gasteiger partial charge < -0.3 is 29.4 Å². The number of ether oxygens (including phenoxy) is 4. The number of hydrogen-bond acceptors (Lipinski definition) is 13. The van der Waals surface area contributed by atoms with Crippen molar-refractivity contribution in [2.75, 3.05) is 64.5 Å². The molecule has 5 amide bonds. The molecule has 4 bridgehead atoms. The van der Waals surface area contributed by atoms with E-state index in [0.29, 0.717) is 11.6 Å². The second kappa shape index (κ2) is 20.4. The van der Waals surface area contributed by atoms with E-state index in [1.807, 2.05) is 30.4 Å². The Morgan fingerprint density at radius 2 is 1.25 bits per heavy atom. The number of rotatable bonds is 23. The molecule has 1 aromatic rings. The molecule has 4 fully saturated rings. The van der Waals surface area contributed by atoms with Crippen LogP contribution in [0.3, 0.4) is 0 Å². The predicted octanol–water partition coefficient (Wildman–Crippen LogP) is 0.903. The first kappa shape index (κ1) is 45.1. The first-order chi connectivity index (χ1) is 28.9. The van der Waals surface area contributed by atoms with E-state index in [9.17, 15) is 33.6 Å². The monoisotopic (exact) mass is 856 g/mol. The van der Waals surface area contributed by atoms with E-state index < -0.39 is 55.7 Å². The molecule has 6 aliphatic heterocycles. The fourth-order valence-corrected chi connectivity index (χ4v) is 10.3. The number of nitrogens with one attached hydrogen (secondary N) is 4. The largest absolute Gasteiger partial charge is 0.506 e. The molecule has 326 valence electrons. The molecule has 0 saturated carbocycles. The highest BCUT2D eigenvalue weighted by Crippen LogP contribution is 2.46. The van der Waals surface area contributed by atoms with Crippen molar-refractivity contribution in [3.8, 4) is 5.75 Å². The van der Waals surface area contributed by atoms with Crippen LogP contribution in [0, 0.1) is 29.6 Å². The minimum Gasteiger partial charge on any atom is -0.506 e. The molecular formula is C40H53N6O13P. The maximum Gasteiger partial charge on any atom is 0.373 e. The van der Waals surface area contributed by atoms with E-state index in [0.717, 1.165) is 24.8 Å². The van der Waals surface area contributed by atoms with Gasteiger partial charge >= 0.3 is 6.15 Å². The van der Waals surface area contributed by atoms with Gasteiger partial charge in [0.15, 0.2) is 0 Å². The van der Waals surface area contributed by atoms with Gasteiger partial charge in [0.25, 0.3) is 7.59 Å². The summed E-state index contributed by atoms with van der Waals surface area (Å²) in [7, 11) is -3.60. The Morgan fingerprint density at radius 1 is 0.783 bits per heavy atom. The SMILES string of the molecule is CCC[C@@H](C)Cc1ccc(O)c(NC(=O)CCOCCOCCNP(=O)(NCCN2C(=O)C3C4C=CC(O4)C3C2=O)NCCN2C(=O)C3C4C=CC(O4)C3C2=O)c1.O=C=O. The maximum atomic E-state index is 14.1. The van der Waals surface area contributed by atoms with E-state index in [2.05, 4.69) is 34.4 Å². The van der Waals surface area contributed by atoms with Crippen molar-refractivity contribution in [3.63, 3.8) is 0 Å². The third-order valence-corrected chi connectivity index (χ3v) is 13.5. The molecule has 7 rings (SSSR count). The van der Waals surface area contributed by atoms with Crippen molar-refractivity contribution in [2.24, 2.45) is 29.6 Å². The van der Waals surface area contributed by atoms with E-state index in [4.69, 9.17) is 28.5 Å².